The zero-order valence-electron chi connectivity index (χ0n) is 13.2. The van der Waals surface area contributed by atoms with Crippen LogP contribution < -0.4 is 0 Å². The van der Waals surface area contributed by atoms with Crippen molar-refractivity contribution in [1.29, 1.82) is 0 Å². The fourth-order valence-electron chi connectivity index (χ4n) is 3.18. The van der Waals surface area contributed by atoms with E-state index < -0.39 is 18.0 Å². The van der Waals surface area contributed by atoms with E-state index in [1.807, 2.05) is 0 Å². The van der Waals surface area contributed by atoms with E-state index in [1.165, 1.54) is 0 Å². The van der Waals surface area contributed by atoms with Crippen molar-refractivity contribution in [2.75, 3.05) is 26.2 Å². The van der Waals surface area contributed by atoms with E-state index in [0.717, 1.165) is 0 Å². The van der Waals surface area contributed by atoms with Gasteiger partial charge < -0.3 is 24.1 Å². The van der Waals surface area contributed by atoms with E-state index in [2.05, 4.69) is 0 Å². The lowest BCUT2D eigenvalue weighted by Gasteiger charge is -2.33. The summed E-state index contributed by atoms with van der Waals surface area (Å²) < 4.78 is 10.6. The van der Waals surface area contributed by atoms with Crippen molar-refractivity contribution < 1.29 is 28.6 Å². The molecule has 2 amide bonds. The normalized spacial score (nSPS) is 24.4. The summed E-state index contributed by atoms with van der Waals surface area (Å²) in [6.45, 7) is 1.73. The number of ether oxygens (including phenoxy) is 1. The predicted octanol–water partition coefficient (Wildman–Crippen LogP) is 0.330. The third-order valence-corrected chi connectivity index (χ3v) is 4.34. The first-order chi connectivity index (χ1) is 11.5. The summed E-state index contributed by atoms with van der Waals surface area (Å²) in [5.41, 5.74) is 0. The Morgan fingerprint density at radius 3 is 2.88 bits per heavy atom. The highest BCUT2D eigenvalue weighted by atomic mass is 16.5. The van der Waals surface area contributed by atoms with Gasteiger partial charge in [-0.3, -0.25) is 14.4 Å². The SMILES string of the molecule is O=C(O)CC1CN(C(=O)C2CC(=O)N(Cc3ccco3)C2)CCO1. The second-order valence-corrected chi connectivity index (χ2v) is 6.13. The lowest BCUT2D eigenvalue weighted by Crippen LogP contribution is -2.48. The van der Waals surface area contributed by atoms with Crippen LogP contribution in [0, 0.1) is 5.92 Å². The van der Waals surface area contributed by atoms with Crippen LogP contribution in [0.5, 0.6) is 0 Å². The van der Waals surface area contributed by atoms with E-state index in [4.69, 9.17) is 14.3 Å². The summed E-state index contributed by atoms with van der Waals surface area (Å²) >= 11 is 0. The van der Waals surface area contributed by atoms with Crippen molar-refractivity contribution in [3.05, 3.63) is 24.2 Å². The van der Waals surface area contributed by atoms with Crippen molar-refractivity contribution in [3.63, 3.8) is 0 Å². The zero-order valence-corrected chi connectivity index (χ0v) is 13.2. The van der Waals surface area contributed by atoms with E-state index in [0.29, 0.717) is 32.0 Å². The highest BCUT2D eigenvalue weighted by molar-refractivity contribution is 5.89. The van der Waals surface area contributed by atoms with Gasteiger partial charge >= 0.3 is 5.97 Å². The molecular formula is C16H20N2O6. The molecule has 130 valence electrons. The van der Waals surface area contributed by atoms with Crippen LogP contribution in [0.2, 0.25) is 0 Å². The topological polar surface area (TPSA) is 100 Å². The first-order valence-electron chi connectivity index (χ1n) is 7.95. The Hall–Kier alpha value is -2.35. The van der Waals surface area contributed by atoms with Crippen molar-refractivity contribution in [3.8, 4) is 0 Å². The molecule has 2 atom stereocenters. The van der Waals surface area contributed by atoms with Crippen LogP contribution in [0.1, 0.15) is 18.6 Å². The summed E-state index contributed by atoms with van der Waals surface area (Å²) in [6.07, 6.45) is 1.12. The van der Waals surface area contributed by atoms with Gasteiger partial charge in [0.05, 0.1) is 37.9 Å². The molecule has 8 heteroatoms. The number of carbonyl (C=O) groups excluding carboxylic acids is 2. The van der Waals surface area contributed by atoms with Gasteiger partial charge in [0.1, 0.15) is 5.76 Å². The average Bonchev–Trinajstić information content (AvgIpc) is 3.17. The van der Waals surface area contributed by atoms with Crippen LogP contribution in [0.25, 0.3) is 0 Å². The molecular weight excluding hydrogens is 316 g/mol. The Balaban J connectivity index is 1.57. The fourth-order valence-corrected chi connectivity index (χ4v) is 3.18. The second-order valence-electron chi connectivity index (χ2n) is 6.13. The number of carboxylic acid groups (broad SMARTS) is 1. The standard InChI is InChI=1S/C16H20N2O6/c19-14-6-11(8-18(14)9-12-2-1-4-23-12)16(22)17-3-5-24-13(10-17)7-15(20)21/h1-2,4,11,13H,3,5-10H2,(H,20,21). The maximum Gasteiger partial charge on any atom is 0.306 e. The molecule has 8 nitrogen and oxygen atoms in total. The van der Waals surface area contributed by atoms with Gasteiger partial charge in [-0.1, -0.05) is 0 Å². The monoisotopic (exact) mass is 336 g/mol. The van der Waals surface area contributed by atoms with E-state index in [9.17, 15) is 14.4 Å². The molecule has 2 aliphatic heterocycles. The minimum Gasteiger partial charge on any atom is -0.481 e. The molecule has 2 fully saturated rings. The van der Waals surface area contributed by atoms with E-state index >= 15 is 0 Å². The van der Waals surface area contributed by atoms with Gasteiger partial charge in [-0.25, -0.2) is 0 Å². The lowest BCUT2D eigenvalue weighted by molar-refractivity contribution is -0.149. The molecule has 3 rings (SSSR count). The molecule has 1 aromatic heterocycles. The molecule has 2 saturated heterocycles. The van der Waals surface area contributed by atoms with Gasteiger partial charge in [-0.15, -0.1) is 0 Å². The molecule has 1 N–H and O–H groups in total. The van der Waals surface area contributed by atoms with Crippen LogP contribution in [-0.2, 0) is 25.7 Å². The maximum atomic E-state index is 12.6. The van der Waals surface area contributed by atoms with E-state index in [1.54, 1.807) is 28.2 Å². The molecule has 0 aromatic carbocycles. The molecule has 1 aromatic rings. The minimum absolute atomic E-state index is 0.0694. The van der Waals surface area contributed by atoms with Gasteiger partial charge in [0.25, 0.3) is 0 Å². The third-order valence-electron chi connectivity index (χ3n) is 4.34. The number of rotatable bonds is 5. The minimum atomic E-state index is -0.949. The number of hydrogen-bond acceptors (Lipinski definition) is 5. The highest BCUT2D eigenvalue weighted by Gasteiger charge is 2.38. The quantitative estimate of drug-likeness (QED) is 0.832. The number of carbonyl (C=O) groups is 3. The summed E-state index contributed by atoms with van der Waals surface area (Å²) in [4.78, 5) is 38.8. The molecule has 24 heavy (non-hydrogen) atoms. The van der Waals surface area contributed by atoms with Crippen LogP contribution in [0.15, 0.2) is 22.8 Å². The highest BCUT2D eigenvalue weighted by Crippen LogP contribution is 2.23. The molecule has 2 aliphatic rings. The molecule has 0 radical (unpaired) electrons. The smallest absolute Gasteiger partial charge is 0.306 e. The number of likely N-dealkylation sites (tertiary alicyclic amines) is 1. The number of morpholine rings is 1. The van der Waals surface area contributed by atoms with Gasteiger partial charge in [0.15, 0.2) is 0 Å². The molecule has 0 aliphatic carbocycles. The van der Waals surface area contributed by atoms with Gasteiger partial charge in [0.2, 0.25) is 11.8 Å². The fraction of sp³-hybridized carbons (Fsp3) is 0.562. The van der Waals surface area contributed by atoms with Gasteiger partial charge in [-0.05, 0) is 12.1 Å². The van der Waals surface area contributed by atoms with Crippen molar-refractivity contribution >= 4 is 17.8 Å². The molecule has 3 heterocycles. The first-order valence-corrected chi connectivity index (χ1v) is 7.95. The van der Waals surface area contributed by atoms with Gasteiger partial charge in [-0.2, -0.15) is 0 Å². The van der Waals surface area contributed by atoms with Crippen LogP contribution in [0.3, 0.4) is 0 Å². The van der Waals surface area contributed by atoms with Crippen LogP contribution >= 0.6 is 0 Å². The zero-order chi connectivity index (χ0) is 17.1. The maximum absolute atomic E-state index is 12.6. The Morgan fingerprint density at radius 2 is 2.17 bits per heavy atom. The summed E-state index contributed by atoms with van der Waals surface area (Å²) in [5, 5.41) is 8.85. The lowest BCUT2D eigenvalue weighted by atomic mass is 10.1. The number of carboxylic acids is 1. The van der Waals surface area contributed by atoms with E-state index in [-0.39, 0.29) is 31.2 Å². The summed E-state index contributed by atoms with van der Waals surface area (Å²) in [7, 11) is 0. The van der Waals surface area contributed by atoms with Crippen molar-refractivity contribution in [2.45, 2.75) is 25.5 Å². The number of furan rings is 1. The second kappa shape index (κ2) is 7.04. The Bertz CT molecular complexity index is 614. The Kier molecular flexibility index (Phi) is 4.84. The summed E-state index contributed by atoms with van der Waals surface area (Å²) in [5.74, 6) is -0.834. The summed E-state index contributed by atoms with van der Waals surface area (Å²) in [6, 6.07) is 3.55. The average molecular weight is 336 g/mol. The van der Waals surface area contributed by atoms with Gasteiger partial charge in [0, 0.05) is 26.1 Å². The predicted molar refractivity (Wildman–Crippen MR) is 80.8 cm³/mol. The largest absolute Gasteiger partial charge is 0.481 e. The van der Waals surface area contributed by atoms with Crippen LogP contribution in [-0.4, -0.2) is 65.0 Å². The number of aliphatic carboxylic acids is 1. The molecule has 2 unspecified atom stereocenters. The first kappa shape index (κ1) is 16.5. The number of nitrogens with zero attached hydrogens (tertiary/aromatic N) is 2. The molecule has 0 bridgehead atoms. The number of hydrogen-bond donors (Lipinski definition) is 1. The number of amides is 2. The third kappa shape index (κ3) is 3.76. The van der Waals surface area contributed by atoms with Crippen molar-refractivity contribution in [1.82, 2.24) is 9.80 Å². The van der Waals surface area contributed by atoms with Crippen LogP contribution in [0.4, 0.5) is 0 Å². The molecule has 0 saturated carbocycles. The Morgan fingerprint density at radius 1 is 1.33 bits per heavy atom. The molecule has 0 spiro atoms. The Labute approximate surface area is 139 Å². The van der Waals surface area contributed by atoms with Crippen molar-refractivity contribution in [2.24, 2.45) is 5.92 Å².